The summed E-state index contributed by atoms with van der Waals surface area (Å²) in [5.41, 5.74) is 4.08. The van der Waals surface area contributed by atoms with E-state index in [9.17, 15) is 9.18 Å². The lowest BCUT2D eigenvalue weighted by Crippen LogP contribution is -2.15. The number of hydrogen-bond acceptors (Lipinski definition) is 3. The van der Waals surface area contributed by atoms with E-state index in [2.05, 4.69) is 15.3 Å². The van der Waals surface area contributed by atoms with Crippen molar-refractivity contribution in [2.24, 2.45) is 0 Å². The normalized spacial score (nSPS) is 10.8. The van der Waals surface area contributed by atoms with Crippen LogP contribution in [0.1, 0.15) is 11.4 Å². The number of benzene rings is 2. The Balaban J connectivity index is 1.50. The lowest BCUT2D eigenvalue weighted by Gasteiger charge is -2.10. The standard InChI is InChI=1S/C22H19FN4O/c1-15-24-10-11-27(15)21-8-6-20(7-9-21)25-14-18-12-17(13-26-22(18)28)16-2-4-19(23)5-3-16/h2-13,25H,14H2,1H3,(H,26,28). The van der Waals surface area contributed by atoms with Gasteiger partial charge in [0.15, 0.2) is 0 Å². The van der Waals surface area contributed by atoms with Crippen molar-refractivity contribution in [1.29, 1.82) is 0 Å². The number of rotatable bonds is 5. The quantitative estimate of drug-likeness (QED) is 0.548. The highest BCUT2D eigenvalue weighted by Crippen LogP contribution is 2.20. The minimum atomic E-state index is -0.288. The topological polar surface area (TPSA) is 62.7 Å². The van der Waals surface area contributed by atoms with Crippen LogP contribution in [0.25, 0.3) is 16.8 Å². The number of hydrogen-bond donors (Lipinski definition) is 2. The molecule has 0 aliphatic rings. The Morgan fingerprint density at radius 3 is 2.50 bits per heavy atom. The summed E-state index contributed by atoms with van der Waals surface area (Å²) in [4.78, 5) is 19.1. The Kier molecular flexibility index (Phi) is 4.76. The Bertz CT molecular complexity index is 1140. The van der Waals surface area contributed by atoms with Crippen LogP contribution in [0.3, 0.4) is 0 Å². The molecule has 6 heteroatoms. The van der Waals surface area contributed by atoms with Crippen LogP contribution >= 0.6 is 0 Å². The highest BCUT2D eigenvalue weighted by Gasteiger charge is 2.05. The summed E-state index contributed by atoms with van der Waals surface area (Å²) >= 11 is 0. The summed E-state index contributed by atoms with van der Waals surface area (Å²) in [5.74, 6) is 0.634. The Labute approximate surface area is 161 Å². The molecule has 0 fully saturated rings. The fourth-order valence-corrected chi connectivity index (χ4v) is 3.06. The van der Waals surface area contributed by atoms with E-state index in [1.165, 1.54) is 12.1 Å². The molecule has 0 unspecified atom stereocenters. The Morgan fingerprint density at radius 1 is 1.07 bits per heavy atom. The number of H-pyrrole nitrogens is 1. The molecule has 0 radical (unpaired) electrons. The van der Waals surface area contributed by atoms with Crippen LogP contribution in [-0.2, 0) is 6.54 Å². The summed E-state index contributed by atoms with van der Waals surface area (Å²) in [6.45, 7) is 2.33. The zero-order valence-electron chi connectivity index (χ0n) is 15.3. The maximum atomic E-state index is 13.1. The summed E-state index contributed by atoms with van der Waals surface area (Å²) < 4.78 is 15.1. The van der Waals surface area contributed by atoms with E-state index >= 15 is 0 Å². The maximum absolute atomic E-state index is 13.1. The molecule has 28 heavy (non-hydrogen) atoms. The number of aromatic nitrogens is 3. The predicted molar refractivity (Wildman–Crippen MR) is 108 cm³/mol. The van der Waals surface area contributed by atoms with Gasteiger partial charge in [-0.05, 0) is 60.5 Å². The number of anilines is 1. The summed E-state index contributed by atoms with van der Waals surface area (Å²) in [7, 11) is 0. The number of nitrogens with zero attached hydrogens (tertiary/aromatic N) is 2. The zero-order chi connectivity index (χ0) is 19.5. The molecule has 0 amide bonds. The van der Waals surface area contributed by atoms with Crippen LogP contribution in [-0.4, -0.2) is 14.5 Å². The second kappa shape index (κ2) is 7.52. The molecule has 0 atom stereocenters. The Morgan fingerprint density at radius 2 is 1.82 bits per heavy atom. The van der Waals surface area contributed by atoms with Crippen molar-refractivity contribution in [3.63, 3.8) is 0 Å². The first kappa shape index (κ1) is 17.7. The number of halogens is 1. The number of nitrogens with one attached hydrogen (secondary N) is 2. The van der Waals surface area contributed by atoms with Gasteiger partial charge in [0.25, 0.3) is 5.56 Å². The minimum absolute atomic E-state index is 0.149. The molecule has 0 aliphatic carbocycles. The molecule has 4 aromatic rings. The minimum Gasteiger partial charge on any atom is -0.381 e. The molecule has 2 aromatic heterocycles. The predicted octanol–water partition coefficient (Wildman–Crippen LogP) is 4.29. The fourth-order valence-electron chi connectivity index (χ4n) is 3.06. The first-order valence-electron chi connectivity index (χ1n) is 8.92. The summed E-state index contributed by atoms with van der Waals surface area (Å²) in [6.07, 6.45) is 5.32. The van der Waals surface area contributed by atoms with Crippen molar-refractivity contribution in [3.8, 4) is 16.8 Å². The molecule has 2 N–H and O–H groups in total. The average Bonchev–Trinajstić information content (AvgIpc) is 3.14. The molecular weight excluding hydrogens is 355 g/mol. The van der Waals surface area contributed by atoms with Gasteiger partial charge in [0, 0.05) is 42.1 Å². The van der Waals surface area contributed by atoms with Gasteiger partial charge in [0.2, 0.25) is 0 Å². The molecule has 0 bridgehead atoms. The van der Waals surface area contributed by atoms with Gasteiger partial charge in [-0.3, -0.25) is 4.79 Å². The van der Waals surface area contributed by atoms with Gasteiger partial charge in [-0.15, -0.1) is 0 Å². The van der Waals surface area contributed by atoms with Gasteiger partial charge < -0.3 is 14.9 Å². The maximum Gasteiger partial charge on any atom is 0.252 e. The third kappa shape index (κ3) is 3.71. The fraction of sp³-hybridized carbons (Fsp3) is 0.0909. The van der Waals surface area contributed by atoms with Gasteiger partial charge in [-0.2, -0.15) is 0 Å². The van der Waals surface area contributed by atoms with Crippen molar-refractivity contribution in [2.75, 3.05) is 5.32 Å². The van der Waals surface area contributed by atoms with E-state index in [1.54, 1.807) is 24.5 Å². The van der Waals surface area contributed by atoms with Crippen molar-refractivity contribution < 1.29 is 4.39 Å². The average molecular weight is 374 g/mol. The monoisotopic (exact) mass is 374 g/mol. The molecule has 2 aromatic carbocycles. The van der Waals surface area contributed by atoms with Crippen molar-refractivity contribution in [1.82, 2.24) is 14.5 Å². The molecule has 4 rings (SSSR count). The van der Waals surface area contributed by atoms with E-state index in [0.29, 0.717) is 12.1 Å². The van der Waals surface area contributed by atoms with E-state index in [0.717, 1.165) is 28.3 Å². The highest BCUT2D eigenvalue weighted by molar-refractivity contribution is 5.63. The second-order valence-electron chi connectivity index (χ2n) is 6.49. The first-order valence-corrected chi connectivity index (χ1v) is 8.92. The second-order valence-corrected chi connectivity index (χ2v) is 6.49. The lowest BCUT2D eigenvalue weighted by molar-refractivity contribution is 0.628. The van der Waals surface area contributed by atoms with Gasteiger partial charge in [0.05, 0.1) is 0 Å². The molecule has 5 nitrogen and oxygen atoms in total. The van der Waals surface area contributed by atoms with E-state index in [4.69, 9.17) is 0 Å². The molecule has 0 saturated carbocycles. The van der Waals surface area contributed by atoms with Crippen LogP contribution < -0.4 is 10.9 Å². The third-order valence-electron chi connectivity index (χ3n) is 4.61. The Hall–Kier alpha value is -3.67. The van der Waals surface area contributed by atoms with Crippen LogP contribution in [0.2, 0.25) is 0 Å². The zero-order valence-corrected chi connectivity index (χ0v) is 15.3. The molecule has 140 valence electrons. The molecule has 0 spiro atoms. The number of pyridine rings is 1. The highest BCUT2D eigenvalue weighted by atomic mass is 19.1. The van der Waals surface area contributed by atoms with Gasteiger partial charge in [0.1, 0.15) is 11.6 Å². The van der Waals surface area contributed by atoms with Crippen LogP contribution in [0.4, 0.5) is 10.1 Å². The van der Waals surface area contributed by atoms with Crippen LogP contribution in [0.15, 0.2) is 78.0 Å². The summed E-state index contributed by atoms with van der Waals surface area (Å²) in [5, 5.41) is 3.27. The molecule has 2 heterocycles. The van der Waals surface area contributed by atoms with Gasteiger partial charge in [-0.25, -0.2) is 9.37 Å². The number of aryl methyl sites for hydroxylation is 1. The number of aromatic amines is 1. The van der Waals surface area contributed by atoms with Gasteiger partial charge >= 0.3 is 0 Å². The van der Waals surface area contributed by atoms with E-state index < -0.39 is 0 Å². The van der Waals surface area contributed by atoms with Crippen molar-refractivity contribution in [3.05, 3.63) is 101 Å². The largest absolute Gasteiger partial charge is 0.381 e. The van der Waals surface area contributed by atoms with Gasteiger partial charge in [-0.1, -0.05) is 12.1 Å². The van der Waals surface area contributed by atoms with E-state index in [-0.39, 0.29) is 11.4 Å². The SMILES string of the molecule is Cc1nccn1-c1ccc(NCc2cc(-c3ccc(F)cc3)c[nH]c2=O)cc1. The van der Waals surface area contributed by atoms with E-state index in [1.807, 2.05) is 48.0 Å². The number of imidazole rings is 1. The van der Waals surface area contributed by atoms with Crippen LogP contribution in [0.5, 0.6) is 0 Å². The lowest BCUT2D eigenvalue weighted by atomic mass is 10.1. The molecule has 0 saturated heterocycles. The van der Waals surface area contributed by atoms with Crippen LogP contribution in [0, 0.1) is 12.7 Å². The third-order valence-corrected chi connectivity index (χ3v) is 4.61. The molecule has 0 aliphatic heterocycles. The van der Waals surface area contributed by atoms with Crippen molar-refractivity contribution >= 4 is 5.69 Å². The molecular formula is C22H19FN4O. The van der Waals surface area contributed by atoms with Crippen molar-refractivity contribution in [2.45, 2.75) is 13.5 Å². The smallest absolute Gasteiger partial charge is 0.252 e. The first-order chi connectivity index (χ1) is 13.6. The summed E-state index contributed by atoms with van der Waals surface area (Å²) in [6, 6.07) is 15.9.